The SMILES string of the molecule is C=Cc1cc(Br)c(OCC)c(Br)c1. The maximum atomic E-state index is 5.44. The molecule has 70 valence electrons. The summed E-state index contributed by atoms with van der Waals surface area (Å²) in [4.78, 5) is 0. The van der Waals surface area contributed by atoms with E-state index in [4.69, 9.17) is 4.74 Å². The largest absolute Gasteiger partial charge is 0.492 e. The smallest absolute Gasteiger partial charge is 0.147 e. The molecule has 13 heavy (non-hydrogen) atoms. The Bertz CT molecular complexity index is 298. The number of hydrogen-bond donors (Lipinski definition) is 0. The van der Waals surface area contributed by atoms with Gasteiger partial charge in [-0.2, -0.15) is 0 Å². The van der Waals surface area contributed by atoms with E-state index >= 15 is 0 Å². The molecule has 0 spiro atoms. The van der Waals surface area contributed by atoms with Crippen LogP contribution in [0, 0.1) is 0 Å². The molecule has 0 aliphatic heterocycles. The molecule has 0 heterocycles. The van der Waals surface area contributed by atoms with Crippen LogP contribution in [0.1, 0.15) is 12.5 Å². The molecule has 0 aromatic heterocycles. The van der Waals surface area contributed by atoms with Gasteiger partial charge in [-0.15, -0.1) is 0 Å². The number of ether oxygens (including phenoxy) is 1. The highest BCUT2D eigenvalue weighted by atomic mass is 79.9. The third kappa shape index (κ3) is 2.58. The highest BCUT2D eigenvalue weighted by molar-refractivity contribution is 9.11. The molecule has 0 aliphatic carbocycles. The van der Waals surface area contributed by atoms with Gasteiger partial charge in [-0.3, -0.25) is 0 Å². The van der Waals surface area contributed by atoms with Crippen molar-refractivity contribution in [3.63, 3.8) is 0 Å². The average Bonchev–Trinajstić information content (AvgIpc) is 2.11. The topological polar surface area (TPSA) is 9.23 Å². The van der Waals surface area contributed by atoms with Crippen molar-refractivity contribution in [1.29, 1.82) is 0 Å². The lowest BCUT2D eigenvalue weighted by Gasteiger charge is -2.08. The molecule has 0 radical (unpaired) electrons. The summed E-state index contributed by atoms with van der Waals surface area (Å²) < 4.78 is 7.33. The molecular weight excluding hydrogens is 296 g/mol. The molecule has 0 aliphatic rings. The highest BCUT2D eigenvalue weighted by Crippen LogP contribution is 2.34. The van der Waals surface area contributed by atoms with Crippen molar-refractivity contribution in [2.45, 2.75) is 6.92 Å². The van der Waals surface area contributed by atoms with Gasteiger partial charge < -0.3 is 4.74 Å². The summed E-state index contributed by atoms with van der Waals surface area (Å²) in [5, 5.41) is 0. The standard InChI is InChI=1S/C10H10Br2O/c1-3-7-5-8(11)10(13-4-2)9(12)6-7/h3,5-6H,1,4H2,2H3. The molecule has 1 rings (SSSR count). The van der Waals surface area contributed by atoms with Gasteiger partial charge in [0, 0.05) is 0 Å². The minimum atomic E-state index is 0.657. The van der Waals surface area contributed by atoms with E-state index in [-0.39, 0.29) is 0 Å². The number of rotatable bonds is 3. The summed E-state index contributed by atoms with van der Waals surface area (Å²) in [6.45, 7) is 6.32. The molecule has 1 aromatic carbocycles. The van der Waals surface area contributed by atoms with Crippen LogP contribution in [0.15, 0.2) is 27.7 Å². The average molecular weight is 306 g/mol. The molecule has 1 aromatic rings. The second-order valence-electron chi connectivity index (χ2n) is 2.45. The van der Waals surface area contributed by atoms with Crippen LogP contribution in [0.25, 0.3) is 6.08 Å². The third-order valence-corrected chi connectivity index (χ3v) is 2.72. The molecule has 1 nitrogen and oxygen atoms in total. The number of halogens is 2. The zero-order chi connectivity index (χ0) is 9.84. The lowest BCUT2D eigenvalue weighted by atomic mass is 10.2. The van der Waals surface area contributed by atoms with Crippen LogP contribution < -0.4 is 4.74 Å². The predicted molar refractivity (Wildman–Crippen MR) is 63.1 cm³/mol. The zero-order valence-corrected chi connectivity index (χ0v) is 10.5. The first-order valence-electron chi connectivity index (χ1n) is 3.93. The zero-order valence-electron chi connectivity index (χ0n) is 7.31. The predicted octanol–water partition coefficient (Wildman–Crippen LogP) is 4.25. The van der Waals surface area contributed by atoms with E-state index in [0.717, 1.165) is 20.3 Å². The van der Waals surface area contributed by atoms with Gasteiger partial charge in [0.2, 0.25) is 0 Å². The van der Waals surface area contributed by atoms with Crippen molar-refractivity contribution in [2.75, 3.05) is 6.61 Å². The van der Waals surface area contributed by atoms with Crippen molar-refractivity contribution in [1.82, 2.24) is 0 Å². The minimum absolute atomic E-state index is 0.657. The van der Waals surface area contributed by atoms with Gasteiger partial charge in [0.1, 0.15) is 5.75 Å². The summed E-state index contributed by atoms with van der Waals surface area (Å²) in [6, 6.07) is 3.95. The van der Waals surface area contributed by atoms with Crippen molar-refractivity contribution in [3.05, 3.63) is 33.2 Å². The molecule has 0 saturated carbocycles. The van der Waals surface area contributed by atoms with Crippen molar-refractivity contribution in [3.8, 4) is 5.75 Å². The van der Waals surface area contributed by atoms with E-state index in [1.807, 2.05) is 19.1 Å². The van der Waals surface area contributed by atoms with Crippen molar-refractivity contribution < 1.29 is 4.74 Å². The Labute approximate surface area is 95.1 Å². The summed E-state index contributed by atoms with van der Waals surface area (Å²) in [7, 11) is 0. The van der Waals surface area contributed by atoms with E-state index in [1.165, 1.54) is 0 Å². The fraction of sp³-hybridized carbons (Fsp3) is 0.200. The van der Waals surface area contributed by atoms with Crippen LogP contribution in [-0.4, -0.2) is 6.61 Å². The van der Waals surface area contributed by atoms with Gasteiger partial charge in [0.05, 0.1) is 15.6 Å². The molecule has 0 bridgehead atoms. The minimum Gasteiger partial charge on any atom is -0.492 e. The summed E-state index contributed by atoms with van der Waals surface area (Å²) >= 11 is 6.87. The molecule has 0 saturated heterocycles. The Hall–Kier alpha value is -0.280. The van der Waals surface area contributed by atoms with Crippen LogP contribution in [0.4, 0.5) is 0 Å². The monoisotopic (exact) mass is 304 g/mol. The molecule has 3 heteroatoms. The summed E-state index contributed by atoms with van der Waals surface area (Å²) in [6.07, 6.45) is 1.80. The first-order valence-corrected chi connectivity index (χ1v) is 5.52. The van der Waals surface area contributed by atoms with Gasteiger partial charge >= 0.3 is 0 Å². The normalized spacial score (nSPS) is 9.77. The Morgan fingerprint density at radius 3 is 2.31 bits per heavy atom. The van der Waals surface area contributed by atoms with Gasteiger partial charge in [0.15, 0.2) is 0 Å². The van der Waals surface area contributed by atoms with Crippen LogP contribution in [0.2, 0.25) is 0 Å². The fourth-order valence-corrected chi connectivity index (χ4v) is 2.43. The quantitative estimate of drug-likeness (QED) is 0.811. The molecular formula is C10H10Br2O. The summed E-state index contributed by atoms with van der Waals surface area (Å²) in [5.74, 6) is 0.841. The van der Waals surface area contributed by atoms with E-state index in [9.17, 15) is 0 Å². The number of benzene rings is 1. The molecule has 0 amide bonds. The second kappa shape index (κ2) is 4.82. The van der Waals surface area contributed by atoms with Crippen molar-refractivity contribution >= 4 is 37.9 Å². The van der Waals surface area contributed by atoms with E-state index in [0.29, 0.717) is 6.61 Å². The Kier molecular flexibility index (Phi) is 4.00. The molecule has 0 N–H and O–H groups in total. The third-order valence-electron chi connectivity index (χ3n) is 1.54. The van der Waals surface area contributed by atoms with Gasteiger partial charge in [0.25, 0.3) is 0 Å². The van der Waals surface area contributed by atoms with Crippen LogP contribution in [-0.2, 0) is 0 Å². The lowest BCUT2D eigenvalue weighted by molar-refractivity contribution is 0.336. The Morgan fingerprint density at radius 1 is 1.38 bits per heavy atom. The first-order chi connectivity index (χ1) is 6.19. The van der Waals surface area contributed by atoms with Gasteiger partial charge in [-0.25, -0.2) is 0 Å². The second-order valence-corrected chi connectivity index (χ2v) is 4.16. The van der Waals surface area contributed by atoms with E-state index in [2.05, 4.69) is 38.4 Å². The first kappa shape index (κ1) is 10.8. The van der Waals surface area contributed by atoms with Gasteiger partial charge in [-0.05, 0) is 56.5 Å². The molecule has 0 unspecified atom stereocenters. The highest BCUT2D eigenvalue weighted by Gasteiger charge is 2.06. The van der Waals surface area contributed by atoms with Crippen LogP contribution in [0.3, 0.4) is 0 Å². The van der Waals surface area contributed by atoms with Crippen LogP contribution >= 0.6 is 31.9 Å². The van der Waals surface area contributed by atoms with Crippen molar-refractivity contribution in [2.24, 2.45) is 0 Å². The molecule has 0 fully saturated rings. The van der Waals surface area contributed by atoms with Crippen LogP contribution in [0.5, 0.6) is 5.75 Å². The van der Waals surface area contributed by atoms with E-state index < -0.39 is 0 Å². The molecule has 0 atom stereocenters. The number of hydrogen-bond acceptors (Lipinski definition) is 1. The Balaban J connectivity index is 3.14. The maximum absolute atomic E-state index is 5.44. The summed E-state index contributed by atoms with van der Waals surface area (Å²) in [5.41, 5.74) is 1.06. The fourth-order valence-electron chi connectivity index (χ4n) is 0.980. The van der Waals surface area contributed by atoms with E-state index in [1.54, 1.807) is 6.08 Å². The Morgan fingerprint density at radius 2 is 1.92 bits per heavy atom. The maximum Gasteiger partial charge on any atom is 0.147 e. The lowest BCUT2D eigenvalue weighted by Crippen LogP contribution is -1.93. The van der Waals surface area contributed by atoms with Gasteiger partial charge in [-0.1, -0.05) is 12.7 Å².